The van der Waals surface area contributed by atoms with Gasteiger partial charge in [-0.25, -0.2) is 12.7 Å². The monoisotopic (exact) mass is 310 g/mol. The van der Waals surface area contributed by atoms with E-state index in [1.165, 1.54) is 10.7 Å². The maximum absolute atomic E-state index is 12.6. The molecule has 5 heteroatoms. The van der Waals surface area contributed by atoms with Crippen LogP contribution < -0.4 is 5.32 Å². The quantitative estimate of drug-likeness (QED) is 0.842. The summed E-state index contributed by atoms with van der Waals surface area (Å²) in [6.07, 6.45) is 3.53. The molecule has 1 aromatic rings. The second-order valence-electron chi connectivity index (χ2n) is 6.27. The Hall–Kier alpha value is -0.910. The third-order valence-corrected chi connectivity index (χ3v) is 5.88. The van der Waals surface area contributed by atoms with Crippen LogP contribution in [0.15, 0.2) is 29.2 Å². The minimum Gasteiger partial charge on any atom is -0.310 e. The van der Waals surface area contributed by atoms with E-state index < -0.39 is 10.0 Å². The van der Waals surface area contributed by atoms with Crippen LogP contribution in [0.5, 0.6) is 0 Å². The van der Waals surface area contributed by atoms with Crippen LogP contribution in [0.4, 0.5) is 0 Å². The van der Waals surface area contributed by atoms with Crippen LogP contribution in [0.1, 0.15) is 38.7 Å². The van der Waals surface area contributed by atoms with Crippen molar-refractivity contribution >= 4 is 10.0 Å². The van der Waals surface area contributed by atoms with Crippen molar-refractivity contribution in [1.82, 2.24) is 9.62 Å². The second-order valence-corrected chi connectivity index (χ2v) is 8.31. The third kappa shape index (κ3) is 4.28. The first kappa shape index (κ1) is 16.5. The van der Waals surface area contributed by atoms with Gasteiger partial charge in [0.1, 0.15) is 0 Å². The Morgan fingerprint density at radius 1 is 1.33 bits per heavy atom. The average Bonchev–Trinajstić information content (AvgIpc) is 2.40. The predicted octanol–water partition coefficient (Wildman–Crippen LogP) is 2.61. The summed E-state index contributed by atoms with van der Waals surface area (Å²) in [7, 11) is -1.68. The van der Waals surface area contributed by atoms with Crippen molar-refractivity contribution in [2.24, 2.45) is 5.92 Å². The topological polar surface area (TPSA) is 49.4 Å². The molecule has 1 aliphatic carbocycles. The summed E-state index contributed by atoms with van der Waals surface area (Å²) in [5, 5.41) is 3.31. The van der Waals surface area contributed by atoms with E-state index in [1.807, 2.05) is 12.1 Å². The molecule has 118 valence electrons. The van der Waals surface area contributed by atoms with Crippen molar-refractivity contribution < 1.29 is 8.42 Å². The molecule has 1 N–H and O–H groups in total. The van der Waals surface area contributed by atoms with Crippen LogP contribution in [-0.4, -0.2) is 32.4 Å². The van der Waals surface area contributed by atoms with Crippen LogP contribution in [0.3, 0.4) is 0 Å². The van der Waals surface area contributed by atoms with Gasteiger partial charge in [-0.1, -0.05) is 32.4 Å². The summed E-state index contributed by atoms with van der Waals surface area (Å²) in [5.41, 5.74) is 1.00. The molecule has 0 saturated heterocycles. The molecule has 21 heavy (non-hydrogen) atoms. The first-order valence-corrected chi connectivity index (χ1v) is 9.12. The highest BCUT2D eigenvalue weighted by atomic mass is 32.2. The Morgan fingerprint density at radius 2 is 2.05 bits per heavy atom. The highest BCUT2D eigenvalue weighted by Crippen LogP contribution is 2.28. The van der Waals surface area contributed by atoms with Gasteiger partial charge in [-0.2, -0.15) is 0 Å². The van der Waals surface area contributed by atoms with Crippen molar-refractivity contribution in [3.63, 3.8) is 0 Å². The summed E-state index contributed by atoms with van der Waals surface area (Å²) in [5.74, 6) is 0.538. The zero-order valence-corrected chi connectivity index (χ0v) is 14.0. The molecule has 1 saturated carbocycles. The molecule has 1 fully saturated rings. The van der Waals surface area contributed by atoms with Gasteiger partial charge in [0.15, 0.2) is 0 Å². The molecule has 0 radical (unpaired) electrons. The normalized spacial score (nSPS) is 16.4. The molecular weight excluding hydrogens is 284 g/mol. The van der Waals surface area contributed by atoms with Gasteiger partial charge in [0.25, 0.3) is 0 Å². The number of nitrogens with one attached hydrogen (secondary N) is 1. The van der Waals surface area contributed by atoms with E-state index in [-0.39, 0.29) is 0 Å². The number of nitrogens with zero attached hydrogens (tertiary/aromatic N) is 1. The largest absolute Gasteiger partial charge is 0.310 e. The minimum absolute atomic E-state index is 0.381. The lowest BCUT2D eigenvalue weighted by molar-refractivity contribution is 0.263. The fourth-order valence-electron chi connectivity index (χ4n) is 2.45. The molecular formula is C16H26N2O2S. The first-order valence-electron chi connectivity index (χ1n) is 7.68. The lowest BCUT2D eigenvalue weighted by Gasteiger charge is -2.29. The summed E-state index contributed by atoms with van der Waals surface area (Å²) >= 11 is 0. The van der Waals surface area contributed by atoms with Crippen LogP contribution >= 0.6 is 0 Å². The molecule has 0 spiro atoms. The maximum atomic E-state index is 12.6. The molecule has 0 aliphatic heterocycles. The second kappa shape index (κ2) is 6.90. The van der Waals surface area contributed by atoms with Gasteiger partial charge in [0.05, 0.1) is 4.90 Å². The van der Waals surface area contributed by atoms with Gasteiger partial charge in [-0.3, -0.25) is 0 Å². The highest BCUT2D eigenvalue weighted by molar-refractivity contribution is 7.89. The standard InChI is InChI=1S/C16H26N2O2S/c1-13(2)17-11-15-8-5-9-16(10-15)21(19,20)18(3)12-14-6-4-7-14/h5,8-10,13-14,17H,4,6-7,11-12H2,1-3H3. The fourth-order valence-corrected chi connectivity index (χ4v) is 3.77. The van der Waals surface area contributed by atoms with Gasteiger partial charge < -0.3 is 5.32 Å². The Labute approximate surface area is 128 Å². The van der Waals surface area contributed by atoms with E-state index in [4.69, 9.17) is 0 Å². The van der Waals surface area contributed by atoms with Crippen molar-refractivity contribution in [1.29, 1.82) is 0 Å². The van der Waals surface area contributed by atoms with Crippen molar-refractivity contribution in [2.45, 2.75) is 50.6 Å². The Bertz CT molecular complexity index is 565. The van der Waals surface area contributed by atoms with Crippen LogP contribution in [-0.2, 0) is 16.6 Å². The van der Waals surface area contributed by atoms with Gasteiger partial charge in [0, 0.05) is 26.2 Å². The van der Waals surface area contributed by atoms with E-state index in [0.717, 1.165) is 18.4 Å². The molecule has 1 aliphatic rings. The number of sulfonamides is 1. The Kier molecular flexibility index (Phi) is 5.41. The molecule has 2 rings (SSSR count). The van der Waals surface area contributed by atoms with Crippen LogP contribution in [0.2, 0.25) is 0 Å². The summed E-state index contributed by atoms with van der Waals surface area (Å²) in [4.78, 5) is 0.396. The maximum Gasteiger partial charge on any atom is 0.242 e. The Balaban J connectivity index is 2.09. The number of hydrogen-bond donors (Lipinski definition) is 1. The fraction of sp³-hybridized carbons (Fsp3) is 0.625. The first-order chi connectivity index (χ1) is 9.89. The summed E-state index contributed by atoms with van der Waals surface area (Å²) in [6, 6.07) is 7.63. The molecule has 4 nitrogen and oxygen atoms in total. The molecule has 0 atom stereocenters. The van der Waals surface area contributed by atoms with E-state index in [9.17, 15) is 8.42 Å². The molecule has 0 amide bonds. The van der Waals surface area contributed by atoms with Crippen LogP contribution in [0, 0.1) is 5.92 Å². The van der Waals surface area contributed by atoms with Gasteiger partial charge in [0.2, 0.25) is 10.0 Å². The summed E-state index contributed by atoms with van der Waals surface area (Å²) in [6.45, 7) is 5.48. The molecule has 0 unspecified atom stereocenters. The van der Waals surface area contributed by atoms with E-state index in [1.54, 1.807) is 19.2 Å². The number of benzene rings is 1. The van der Waals surface area contributed by atoms with Gasteiger partial charge >= 0.3 is 0 Å². The van der Waals surface area contributed by atoms with Crippen LogP contribution in [0.25, 0.3) is 0 Å². The SMILES string of the molecule is CC(C)NCc1cccc(S(=O)(=O)N(C)CC2CCC2)c1. The lowest BCUT2D eigenvalue weighted by Crippen LogP contribution is -2.34. The predicted molar refractivity (Wildman–Crippen MR) is 85.6 cm³/mol. The minimum atomic E-state index is -3.37. The van der Waals surface area contributed by atoms with Crippen molar-refractivity contribution in [3.05, 3.63) is 29.8 Å². The number of rotatable bonds is 7. The molecule has 0 heterocycles. The third-order valence-electron chi connectivity index (χ3n) is 4.06. The Morgan fingerprint density at radius 3 is 2.62 bits per heavy atom. The molecule has 0 aromatic heterocycles. The van der Waals surface area contributed by atoms with Gasteiger partial charge in [-0.05, 0) is 36.5 Å². The van der Waals surface area contributed by atoms with Crippen molar-refractivity contribution in [2.75, 3.05) is 13.6 Å². The zero-order valence-electron chi connectivity index (χ0n) is 13.2. The molecule has 1 aromatic carbocycles. The van der Waals surface area contributed by atoms with E-state index in [2.05, 4.69) is 19.2 Å². The van der Waals surface area contributed by atoms with Crippen molar-refractivity contribution in [3.8, 4) is 0 Å². The van der Waals surface area contributed by atoms with Gasteiger partial charge in [-0.15, -0.1) is 0 Å². The average molecular weight is 310 g/mol. The van der Waals surface area contributed by atoms with E-state index >= 15 is 0 Å². The summed E-state index contributed by atoms with van der Waals surface area (Å²) < 4.78 is 26.7. The lowest BCUT2D eigenvalue weighted by atomic mass is 9.86. The zero-order chi connectivity index (χ0) is 15.5. The number of hydrogen-bond acceptors (Lipinski definition) is 3. The molecule has 0 bridgehead atoms. The highest BCUT2D eigenvalue weighted by Gasteiger charge is 2.26. The van der Waals surface area contributed by atoms with E-state index in [0.29, 0.717) is 29.9 Å². The smallest absolute Gasteiger partial charge is 0.242 e.